The summed E-state index contributed by atoms with van der Waals surface area (Å²) in [6.45, 7) is 0.739. The molecule has 0 bridgehead atoms. The molecular formula is C26H26FN3O5S. The third-order valence-corrected chi connectivity index (χ3v) is 7.66. The number of nitrogens with one attached hydrogen (secondary N) is 1. The van der Waals surface area contributed by atoms with E-state index >= 15 is 0 Å². The number of rotatable bonds is 8. The first-order valence-electron chi connectivity index (χ1n) is 11.4. The molecule has 188 valence electrons. The number of likely N-dealkylation sites (tertiary alicyclic amines) is 1. The van der Waals surface area contributed by atoms with Gasteiger partial charge in [-0.25, -0.2) is 12.8 Å². The van der Waals surface area contributed by atoms with Gasteiger partial charge in [0.25, 0.3) is 15.9 Å². The van der Waals surface area contributed by atoms with Crippen molar-refractivity contribution < 1.29 is 27.1 Å². The van der Waals surface area contributed by atoms with Crippen LogP contribution >= 0.6 is 0 Å². The Hall–Kier alpha value is -3.92. The summed E-state index contributed by atoms with van der Waals surface area (Å²) in [6.07, 6.45) is 1.86. The Morgan fingerprint density at radius 3 is 2.25 bits per heavy atom. The van der Waals surface area contributed by atoms with Crippen molar-refractivity contribution in [3.05, 3.63) is 84.2 Å². The molecular weight excluding hydrogens is 485 g/mol. The molecule has 0 aromatic heterocycles. The van der Waals surface area contributed by atoms with E-state index in [4.69, 9.17) is 4.74 Å². The molecule has 3 aromatic carbocycles. The van der Waals surface area contributed by atoms with E-state index in [0.29, 0.717) is 30.1 Å². The minimum Gasteiger partial charge on any atom is -0.497 e. The van der Waals surface area contributed by atoms with Gasteiger partial charge in [0.2, 0.25) is 5.91 Å². The largest absolute Gasteiger partial charge is 0.497 e. The molecule has 1 saturated heterocycles. The Balaban J connectivity index is 1.62. The number of hydrogen-bond donors (Lipinski definition) is 1. The van der Waals surface area contributed by atoms with Crippen LogP contribution in [0.5, 0.6) is 5.75 Å². The first-order valence-corrected chi connectivity index (χ1v) is 12.8. The maximum Gasteiger partial charge on any atom is 0.264 e. The first kappa shape index (κ1) is 25.2. The van der Waals surface area contributed by atoms with Crippen LogP contribution in [-0.2, 0) is 14.8 Å². The van der Waals surface area contributed by atoms with Crippen LogP contribution in [0.4, 0.5) is 15.8 Å². The van der Waals surface area contributed by atoms with Crippen molar-refractivity contribution in [1.82, 2.24) is 4.90 Å². The minimum atomic E-state index is -4.23. The highest BCUT2D eigenvalue weighted by Crippen LogP contribution is 2.27. The summed E-state index contributed by atoms with van der Waals surface area (Å²) in [6, 6.07) is 17.2. The van der Waals surface area contributed by atoms with Crippen molar-refractivity contribution >= 4 is 33.2 Å². The normalized spacial score (nSPS) is 13.3. The molecule has 2 amide bonds. The second-order valence-corrected chi connectivity index (χ2v) is 10.1. The predicted molar refractivity (Wildman–Crippen MR) is 134 cm³/mol. The van der Waals surface area contributed by atoms with Crippen LogP contribution in [0.2, 0.25) is 0 Å². The Bertz CT molecular complexity index is 1340. The zero-order valence-corrected chi connectivity index (χ0v) is 20.5. The molecule has 4 rings (SSSR count). The van der Waals surface area contributed by atoms with Gasteiger partial charge in [-0.3, -0.25) is 13.9 Å². The van der Waals surface area contributed by atoms with Gasteiger partial charge in [-0.2, -0.15) is 0 Å². The lowest BCUT2D eigenvalue weighted by molar-refractivity contribution is -0.114. The quantitative estimate of drug-likeness (QED) is 0.495. The van der Waals surface area contributed by atoms with Crippen LogP contribution < -0.4 is 14.4 Å². The standard InChI is InChI=1S/C26H26FN3O5S/c1-35-21-12-10-20(11-13-21)30(36(33,34)22-14-8-19(27)9-15-22)18-25(31)28-24-7-3-2-6-23(24)26(32)29-16-4-5-17-29/h2-3,6-15H,4-5,16-18H2,1H3,(H,28,31). The van der Waals surface area contributed by atoms with Crippen molar-refractivity contribution in [3.8, 4) is 5.75 Å². The molecule has 36 heavy (non-hydrogen) atoms. The van der Waals surface area contributed by atoms with Gasteiger partial charge in [-0.1, -0.05) is 12.1 Å². The van der Waals surface area contributed by atoms with Crippen molar-refractivity contribution in [1.29, 1.82) is 0 Å². The van der Waals surface area contributed by atoms with Gasteiger partial charge < -0.3 is 15.0 Å². The molecule has 0 atom stereocenters. The topological polar surface area (TPSA) is 96.0 Å². The van der Waals surface area contributed by atoms with Crippen LogP contribution in [0, 0.1) is 5.82 Å². The van der Waals surface area contributed by atoms with E-state index in [-0.39, 0.29) is 16.5 Å². The number of ether oxygens (including phenoxy) is 1. The summed E-state index contributed by atoms with van der Waals surface area (Å²) in [5.74, 6) is -0.897. The van der Waals surface area contributed by atoms with E-state index in [0.717, 1.165) is 41.4 Å². The monoisotopic (exact) mass is 511 g/mol. The molecule has 0 aliphatic carbocycles. The van der Waals surface area contributed by atoms with Crippen molar-refractivity contribution in [3.63, 3.8) is 0 Å². The molecule has 1 aliphatic heterocycles. The Morgan fingerprint density at radius 1 is 0.972 bits per heavy atom. The maximum atomic E-state index is 13.5. The van der Waals surface area contributed by atoms with E-state index in [1.54, 1.807) is 41.3 Å². The molecule has 1 heterocycles. The summed E-state index contributed by atoms with van der Waals surface area (Å²) in [5.41, 5.74) is 0.857. The molecule has 0 unspecified atom stereocenters. The zero-order valence-electron chi connectivity index (χ0n) is 19.7. The van der Waals surface area contributed by atoms with Gasteiger partial charge in [0.15, 0.2) is 0 Å². The van der Waals surface area contributed by atoms with Crippen LogP contribution in [0.3, 0.4) is 0 Å². The molecule has 8 nitrogen and oxygen atoms in total. The first-order chi connectivity index (χ1) is 17.3. The molecule has 1 N–H and O–H groups in total. The van der Waals surface area contributed by atoms with Gasteiger partial charge in [-0.15, -0.1) is 0 Å². The molecule has 1 aliphatic rings. The number of carbonyl (C=O) groups is 2. The number of carbonyl (C=O) groups excluding carboxylic acids is 2. The highest BCUT2D eigenvalue weighted by atomic mass is 32.2. The smallest absolute Gasteiger partial charge is 0.264 e. The molecule has 1 fully saturated rings. The van der Waals surface area contributed by atoms with Crippen LogP contribution in [0.15, 0.2) is 77.7 Å². The third-order valence-electron chi connectivity index (χ3n) is 5.87. The highest BCUT2D eigenvalue weighted by Gasteiger charge is 2.28. The highest BCUT2D eigenvalue weighted by molar-refractivity contribution is 7.92. The van der Waals surface area contributed by atoms with E-state index < -0.39 is 28.3 Å². The summed E-state index contributed by atoms with van der Waals surface area (Å²) < 4.78 is 46.4. The Kier molecular flexibility index (Phi) is 7.54. The molecule has 0 spiro atoms. The van der Waals surface area contributed by atoms with Crippen LogP contribution in [0.1, 0.15) is 23.2 Å². The number of hydrogen-bond acceptors (Lipinski definition) is 5. The second-order valence-electron chi connectivity index (χ2n) is 8.26. The number of anilines is 2. The third kappa shape index (κ3) is 5.49. The van der Waals surface area contributed by atoms with Crippen LogP contribution in [-0.4, -0.2) is 51.9 Å². The molecule has 0 radical (unpaired) electrons. The fraction of sp³-hybridized carbons (Fsp3) is 0.231. The summed E-state index contributed by atoms with van der Waals surface area (Å²) >= 11 is 0. The number of para-hydroxylation sites is 1. The number of benzene rings is 3. The molecule has 0 saturated carbocycles. The van der Waals surface area contributed by atoms with E-state index in [9.17, 15) is 22.4 Å². The SMILES string of the molecule is COc1ccc(N(CC(=O)Nc2ccccc2C(=O)N2CCCC2)S(=O)(=O)c2ccc(F)cc2)cc1. The van der Waals surface area contributed by atoms with Gasteiger partial charge in [0.05, 0.1) is 28.9 Å². The number of amides is 2. The Morgan fingerprint density at radius 2 is 1.61 bits per heavy atom. The minimum absolute atomic E-state index is 0.169. The molecule has 10 heteroatoms. The predicted octanol–water partition coefficient (Wildman–Crippen LogP) is 3.90. The van der Waals surface area contributed by atoms with Gasteiger partial charge >= 0.3 is 0 Å². The van der Waals surface area contributed by atoms with E-state index in [1.807, 2.05) is 0 Å². The van der Waals surface area contributed by atoms with Crippen molar-refractivity contribution in [2.45, 2.75) is 17.7 Å². The number of sulfonamides is 1. The zero-order chi connectivity index (χ0) is 25.7. The van der Waals surface area contributed by atoms with Crippen LogP contribution in [0.25, 0.3) is 0 Å². The van der Waals surface area contributed by atoms with E-state index in [2.05, 4.69) is 5.32 Å². The number of nitrogens with zero attached hydrogens (tertiary/aromatic N) is 2. The fourth-order valence-corrected chi connectivity index (χ4v) is 5.41. The lowest BCUT2D eigenvalue weighted by Crippen LogP contribution is -2.38. The van der Waals surface area contributed by atoms with E-state index in [1.165, 1.54) is 19.2 Å². The van der Waals surface area contributed by atoms with Gasteiger partial charge in [-0.05, 0) is 73.5 Å². The maximum absolute atomic E-state index is 13.5. The summed E-state index contributed by atoms with van der Waals surface area (Å²) in [5, 5.41) is 2.69. The average molecular weight is 512 g/mol. The summed E-state index contributed by atoms with van der Waals surface area (Å²) in [4.78, 5) is 27.6. The average Bonchev–Trinajstić information content (AvgIpc) is 3.43. The lowest BCUT2D eigenvalue weighted by atomic mass is 10.1. The van der Waals surface area contributed by atoms with Gasteiger partial charge in [0.1, 0.15) is 18.1 Å². The lowest BCUT2D eigenvalue weighted by Gasteiger charge is -2.25. The summed E-state index contributed by atoms with van der Waals surface area (Å²) in [7, 11) is -2.74. The van der Waals surface area contributed by atoms with Crippen molar-refractivity contribution in [2.24, 2.45) is 0 Å². The second kappa shape index (κ2) is 10.8. The van der Waals surface area contributed by atoms with Crippen molar-refractivity contribution in [2.75, 3.05) is 36.4 Å². The number of halogens is 1. The Labute approximate surface area is 209 Å². The number of methoxy groups -OCH3 is 1. The molecule has 3 aromatic rings. The fourth-order valence-electron chi connectivity index (χ4n) is 3.99. The van der Waals surface area contributed by atoms with Gasteiger partial charge in [0, 0.05) is 13.1 Å².